The van der Waals surface area contributed by atoms with Gasteiger partial charge in [-0.05, 0) is 75.4 Å². The van der Waals surface area contributed by atoms with Gasteiger partial charge in [0, 0.05) is 87.4 Å². The number of ether oxygens (including phenoxy) is 1. The van der Waals surface area contributed by atoms with Crippen molar-refractivity contribution in [1.82, 2.24) is 30.0 Å². The second kappa shape index (κ2) is 19.0. The lowest BCUT2D eigenvalue weighted by molar-refractivity contribution is -0.136. The molecular weight excluding hydrogens is 859 g/mol. The van der Waals surface area contributed by atoms with Crippen molar-refractivity contribution in [3.05, 3.63) is 83.0 Å². The van der Waals surface area contributed by atoms with E-state index < -0.39 is 36.8 Å². The van der Waals surface area contributed by atoms with E-state index in [1.807, 2.05) is 41.3 Å². The number of fused-ring (bicyclic) bond motifs is 1. The van der Waals surface area contributed by atoms with Crippen molar-refractivity contribution in [2.75, 3.05) is 87.1 Å². The van der Waals surface area contributed by atoms with Crippen LogP contribution in [0.4, 0.5) is 34.5 Å². The van der Waals surface area contributed by atoms with Crippen molar-refractivity contribution < 1.29 is 33.3 Å². The molecule has 0 bridgehead atoms. The van der Waals surface area contributed by atoms with Crippen LogP contribution in [0.5, 0.6) is 5.75 Å². The lowest BCUT2D eigenvalue weighted by Gasteiger charge is -2.43. The lowest BCUT2D eigenvalue weighted by Crippen LogP contribution is -2.54. The molecule has 19 heteroatoms. The van der Waals surface area contributed by atoms with Gasteiger partial charge < -0.3 is 35.1 Å². The Morgan fingerprint density at radius 2 is 1.64 bits per heavy atom. The highest BCUT2D eigenvalue weighted by atomic mass is 35.5. The summed E-state index contributed by atoms with van der Waals surface area (Å²) in [5.41, 5.74) is 3.31. The van der Waals surface area contributed by atoms with Crippen LogP contribution in [0.2, 0.25) is 5.02 Å². The van der Waals surface area contributed by atoms with Crippen LogP contribution in [0.1, 0.15) is 59.2 Å². The average Bonchev–Trinajstić information content (AvgIpc) is 3.55. The first kappa shape index (κ1) is 44.6. The molecule has 0 aliphatic carbocycles. The zero-order chi connectivity index (χ0) is 45.1. The molecule has 1 atom stereocenters. The second-order valence-corrected chi connectivity index (χ2v) is 20.3. The number of halogens is 1. The van der Waals surface area contributed by atoms with Crippen molar-refractivity contribution in [1.29, 1.82) is 0 Å². The predicted molar refractivity (Wildman–Crippen MR) is 246 cm³/mol. The topological polar surface area (TPSA) is 199 Å². The first-order chi connectivity index (χ1) is 30.8. The normalized spacial score (nSPS) is 18.5. The number of methoxy groups -OCH3 is 1. The van der Waals surface area contributed by atoms with Gasteiger partial charge in [-0.2, -0.15) is 4.98 Å². The number of nitrogens with zero attached hydrogens (tertiary/aromatic N) is 6. The Bertz CT molecular complexity index is 2520. The van der Waals surface area contributed by atoms with Gasteiger partial charge in [0.1, 0.15) is 24.0 Å². The zero-order valence-electron chi connectivity index (χ0n) is 36.1. The van der Waals surface area contributed by atoms with Crippen LogP contribution < -0.4 is 36.2 Å². The highest BCUT2D eigenvalue weighted by Gasteiger charge is 2.45. The molecule has 17 nitrogen and oxygen atoms in total. The smallest absolute Gasteiger partial charge is 0.264 e. The number of rotatable bonds is 14. The van der Waals surface area contributed by atoms with Crippen molar-refractivity contribution in [3.63, 3.8) is 0 Å². The fourth-order valence-electron chi connectivity index (χ4n) is 8.90. The molecular formula is C45H52ClN10O7P. The van der Waals surface area contributed by atoms with Gasteiger partial charge in [0.15, 0.2) is 5.82 Å². The number of benzene rings is 3. The molecule has 3 saturated heterocycles. The van der Waals surface area contributed by atoms with Gasteiger partial charge in [0.2, 0.25) is 23.7 Å². The van der Waals surface area contributed by atoms with Gasteiger partial charge in [-0.1, -0.05) is 29.8 Å². The van der Waals surface area contributed by atoms with E-state index in [2.05, 4.69) is 47.1 Å². The van der Waals surface area contributed by atoms with E-state index in [1.54, 1.807) is 38.6 Å². The maximum Gasteiger partial charge on any atom is 0.264 e. The number of piperidine rings is 2. The number of carbonyl (C=O) groups is 5. The molecule has 0 spiro atoms. The standard InChI is InChI=1S/C45H52ClN10O7P/c1-63-36-26-29(13-14-32(36)50-45-48-27-31(46)41(52-45)49-33-9-4-5-11-37(33)64(2,3)62)53-20-17-28(18-21-53)54-22-24-55(25-23-54)39(58)12-7-19-47-34-10-6-8-30-40(34)44(61)56(43(30)60)35-15-16-38(57)51-42(35)59/h4-6,8-11,13-14,26-28,35,47H,7,12,15-25H2,1-3H3,(H,51,57,59)(H2,48,49,50,52). The number of imide groups is 2. The van der Waals surface area contributed by atoms with E-state index in [0.717, 1.165) is 49.6 Å². The number of aromatic nitrogens is 2. The van der Waals surface area contributed by atoms with Gasteiger partial charge in [-0.25, -0.2) is 4.98 Å². The van der Waals surface area contributed by atoms with Crippen LogP contribution in [0.3, 0.4) is 0 Å². The van der Waals surface area contributed by atoms with Crippen molar-refractivity contribution in [3.8, 4) is 5.75 Å². The molecule has 4 aliphatic rings. The van der Waals surface area contributed by atoms with E-state index in [1.165, 1.54) is 6.20 Å². The quantitative estimate of drug-likeness (QED) is 0.0724. The van der Waals surface area contributed by atoms with Gasteiger partial charge >= 0.3 is 0 Å². The van der Waals surface area contributed by atoms with E-state index in [4.69, 9.17) is 16.3 Å². The number of amides is 5. The number of hydrogen-bond acceptors (Lipinski definition) is 14. The number of hydrogen-bond donors (Lipinski definition) is 4. The number of nitrogens with one attached hydrogen (secondary N) is 4. The summed E-state index contributed by atoms with van der Waals surface area (Å²) < 4.78 is 18.7. The molecule has 64 heavy (non-hydrogen) atoms. The van der Waals surface area contributed by atoms with Crippen LogP contribution in [-0.2, 0) is 18.9 Å². The Labute approximate surface area is 376 Å². The summed E-state index contributed by atoms with van der Waals surface area (Å²) in [5, 5.41) is 13.0. The minimum atomic E-state index is -2.57. The SMILES string of the molecule is COc1cc(N2CCC(N3CCN(C(=O)CCCNc4cccc5c4C(=O)N(C4CCC(=O)NC4=O)C5=O)CC3)CC2)ccc1Nc1ncc(Cl)c(Nc2ccccc2P(C)(C)=O)n1. The van der Waals surface area contributed by atoms with E-state index in [9.17, 15) is 28.5 Å². The Kier molecular flexibility index (Phi) is 13.2. The summed E-state index contributed by atoms with van der Waals surface area (Å²) >= 11 is 6.48. The van der Waals surface area contributed by atoms with Crippen LogP contribution in [0.25, 0.3) is 0 Å². The largest absolute Gasteiger partial charge is 0.494 e. The van der Waals surface area contributed by atoms with E-state index in [0.29, 0.717) is 83.4 Å². The fourth-order valence-corrected chi connectivity index (χ4v) is 10.2. The molecule has 3 aromatic carbocycles. The predicted octanol–water partition coefficient (Wildman–Crippen LogP) is 5.28. The molecule has 4 N–H and O–H groups in total. The van der Waals surface area contributed by atoms with Crippen LogP contribution in [0, 0.1) is 0 Å². The molecule has 3 fully saturated rings. The highest BCUT2D eigenvalue weighted by Crippen LogP contribution is 2.39. The monoisotopic (exact) mass is 910 g/mol. The third-order valence-electron chi connectivity index (χ3n) is 12.3. The van der Waals surface area contributed by atoms with Gasteiger partial charge in [0.05, 0.1) is 35.8 Å². The minimum absolute atomic E-state index is 0.0537. The molecule has 8 rings (SSSR count). The summed E-state index contributed by atoms with van der Waals surface area (Å²) in [6.07, 6.45) is 4.52. The van der Waals surface area contributed by atoms with Gasteiger partial charge in [-0.3, -0.25) is 39.1 Å². The fraction of sp³-hybridized carbons (Fsp3) is 0.400. The Morgan fingerprint density at radius 1 is 0.891 bits per heavy atom. The minimum Gasteiger partial charge on any atom is -0.494 e. The second-order valence-electron chi connectivity index (χ2n) is 16.7. The molecule has 0 saturated carbocycles. The number of para-hydroxylation sites is 1. The maximum atomic E-state index is 13.4. The lowest BCUT2D eigenvalue weighted by atomic mass is 10.0. The molecule has 0 radical (unpaired) electrons. The summed E-state index contributed by atoms with van der Waals surface area (Å²) in [6, 6.07) is 17.8. The van der Waals surface area contributed by atoms with Crippen molar-refractivity contribution in [2.24, 2.45) is 0 Å². The Balaban J connectivity index is 0.783. The molecule has 1 aromatic heterocycles. The summed E-state index contributed by atoms with van der Waals surface area (Å²) in [5.74, 6) is -0.770. The third-order valence-corrected chi connectivity index (χ3v) is 14.1. The van der Waals surface area contributed by atoms with Crippen molar-refractivity contribution >= 4 is 88.1 Å². The first-order valence-electron chi connectivity index (χ1n) is 21.5. The summed E-state index contributed by atoms with van der Waals surface area (Å²) in [6.45, 7) is 8.58. The zero-order valence-corrected chi connectivity index (χ0v) is 37.7. The number of carbonyl (C=O) groups excluding carboxylic acids is 5. The number of piperazine rings is 1. The Morgan fingerprint density at radius 3 is 2.38 bits per heavy atom. The van der Waals surface area contributed by atoms with Crippen LogP contribution in [0.15, 0.2) is 66.9 Å². The molecule has 1 unspecified atom stereocenters. The van der Waals surface area contributed by atoms with Crippen molar-refractivity contribution in [2.45, 2.75) is 50.6 Å². The molecule has 5 amide bonds. The summed E-state index contributed by atoms with van der Waals surface area (Å²) in [7, 11) is -0.938. The maximum absolute atomic E-state index is 13.4. The average molecular weight is 911 g/mol. The van der Waals surface area contributed by atoms with Gasteiger partial charge in [-0.15, -0.1) is 0 Å². The van der Waals surface area contributed by atoms with Crippen LogP contribution >= 0.6 is 18.7 Å². The number of anilines is 6. The molecule has 336 valence electrons. The van der Waals surface area contributed by atoms with E-state index in [-0.39, 0.29) is 29.9 Å². The summed E-state index contributed by atoms with van der Waals surface area (Å²) in [4.78, 5) is 80.6. The van der Waals surface area contributed by atoms with Crippen LogP contribution in [-0.4, -0.2) is 133 Å². The Hall–Kier alpha value is -6.03. The molecule has 4 aliphatic heterocycles. The third kappa shape index (κ3) is 9.57. The molecule has 4 aromatic rings. The highest BCUT2D eigenvalue weighted by molar-refractivity contribution is 7.70. The first-order valence-corrected chi connectivity index (χ1v) is 24.5. The van der Waals surface area contributed by atoms with Gasteiger partial charge in [0.25, 0.3) is 11.8 Å². The van der Waals surface area contributed by atoms with E-state index >= 15 is 0 Å². The molecule has 5 heterocycles.